The molecule has 0 amide bonds. The van der Waals surface area contributed by atoms with Crippen LogP contribution in [-0.4, -0.2) is 16.6 Å². The third-order valence-corrected chi connectivity index (χ3v) is 3.63. The molecule has 1 aliphatic carbocycles. The molecule has 0 aliphatic heterocycles. The Balaban J connectivity index is 2.61. The number of allylic oxidation sites excluding steroid dienone is 1. The number of nitrogens with one attached hydrogen (secondary N) is 1. The summed E-state index contributed by atoms with van der Waals surface area (Å²) < 4.78 is 0. The minimum atomic E-state index is -0.885. The maximum absolute atomic E-state index is 11.8. The number of Topliss-reactive ketones (excluding diaryl/α,β-unsaturated/α-hetero) is 1. The van der Waals surface area contributed by atoms with Gasteiger partial charge in [-0.1, -0.05) is 12.1 Å². The highest BCUT2D eigenvalue weighted by Gasteiger charge is 2.32. The predicted octanol–water partition coefficient (Wildman–Crippen LogP) is 1.72. The minimum Gasteiger partial charge on any atom is -0.503 e. The summed E-state index contributed by atoms with van der Waals surface area (Å²) in [5.41, 5.74) is 5.77. The standard InChI is InChI=1S/C16H8N4O2/c17-5-8-3-1-2-7-4-9-12(10(6-18)11(7)8)14(20)16(22)15(21)13(9)19/h1-4,19,22H,20H2. The van der Waals surface area contributed by atoms with Crippen LogP contribution >= 0.6 is 0 Å². The number of nitrogens with two attached hydrogens (primary N) is 1. The van der Waals surface area contributed by atoms with Gasteiger partial charge in [-0.3, -0.25) is 10.2 Å². The first kappa shape index (κ1) is 13.3. The molecule has 4 N–H and O–H groups in total. The van der Waals surface area contributed by atoms with Gasteiger partial charge in [0.05, 0.1) is 22.9 Å². The molecule has 0 fully saturated rings. The van der Waals surface area contributed by atoms with Crippen molar-refractivity contribution in [1.82, 2.24) is 0 Å². The monoisotopic (exact) mass is 288 g/mol. The van der Waals surface area contributed by atoms with Gasteiger partial charge in [0.2, 0.25) is 5.78 Å². The second kappa shape index (κ2) is 4.44. The number of carbonyl (C=O) groups is 1. The third kappa shape index (κ3) is 1.52. The van der Waals surface area contributed by atoms with Crippen LogP contribution in [0.4, 0.5) is 0 Å². The molecule has 0 radical (unpaired) electrons. The van der Waals surface area contributed by atoms with Crippen LogP contribution in [0.2, 0.25) is 0 Å². The van der Waals surface area contributed by atoms with E-state index in [0.29, 0.717) is 10.8 Å². The molecule has 2 aromatic rings. The number of hydrogen-bond donors (Lipinski definition) is 3. The molecule has 6 heteroatoms. The van der Waals surface area contributed by atoms with Gasteiger partial charge >= 0.3 is 0 Å². The molecule has 0 heterocycles. The van der Waals surface area contributed by atoms with Crippen molar-refractivity contribution < 1.29 is 9.90 Å². The van der Waals surface area contributed by atoms with Crippen molar-refractivity contribution in [3.63, 3.8) is 0 Å². The fourth-order valence-electron chi connectivity index (χ4n) is 2.62. The number of fused-ring (bicyclic) bond motifs is 2. The molecule has 0 saturated carbocycles. The Morgan fingerprint density at radius 3 is 2.59 bits per heavy atom. The van der Waals surface area contributed by atoms with E-state index in [0.717, 1.165) is 0 Å². The predicted molar refractivity (Wildman–Crippen MR) is 78.9 cm³/mol. The van der Waals surface area contributed by atoms with Crippen LogP contribution < -0.4 is 5.73 Å². The number of rotatable bonds is 0. The summed E-state index contributed by atoms with van der Waals surface area (Å²) in [5.74, 6) is -1.63. The van der Waals surface area contributed by atoms with E-state index in [2.05, 4.69) is 0 Å². The summed E-state index contributed by atoms with van der Waals surface area (Å²) in [4.78, 5) is 11.8. The van der Waals surface area contributed by atoms with E-state index in [-0.39, 0.29) is 28.0 Å². The van der Waals surface area contributed by atoms with Gasteiger partial charge in [-0.15, -0.1) is 0 Å². The Bertz CT molecular complexity index is 1000. The zero-order valence-electron chi connectivity index (χ0n) is 11.1. The lowest BCUT2D eigenvalue weighted by atomic mass is 9.84. The normalized spacial score (nSPS) is 13.7. The molecule has 104 valence electrons. The van der Waals surface area contributed by atoms with Gasteiger partial charge < -0.3 is 10.8 Å². The topological polar surface area (TPSA) is 135 Å². The van der Waals surface area contributed by atoms with Gasteiger partial charge in [-0.05, 0) is 17.5 Å². The molecule has 0 bridgehead atoms. The van der Waals surface area contributed by atoms with E-state index < -0.39 is 17.3 Å². The first-order valence-electron chi connectivity index (χ1n) is 6.23. The summed E-state index contributed by atoms with van der Waals surface area (Å²) in [6.45, 7) is 0. The highest BCUT2D eigenvalue weighted by Crippen LogP contribution is 2.34. The number of hydrogen-bond acceptors (Lipinski definition) is 6. The molecule has 0 saturated heterocycles. The van der Waals surface area contributed by atoms with Crippen molar-refractivity contribution in [2.75, 3.05) is 0 Å². The van der Waals surface area contributed by atoms with Crippen molar-refractivity contribution in [2.45, 2.75) is 0 Å². The SMILES string of the molecule is N#Cc1cccc2cc3c(c(C#N)c12)C(N)=C(O)C(=O)C3=N. The average Bonchev–Trinajstić information content (AvgIpc) is 2.55. The molecular weight excluding hydrogens is 280 g/mol. The average molecular weight is 288 g/mol. The highest BCUT2D eigenvalue weighted by atomic mass is 16.3. The number of ketones is 1. The molecule has 0 spiro atoms. The molecule has 0 aromatic heterocycles. The van der Waals surface area contributed by atoms with E-state index in [9.17, 15) is 20.4 Å². The first-order valence-corrected chi connectivity index (χ1v) is 6.23. The Hall–Kier alpha value is -3.64. The van der Waals surface area contributed by atoms with E-state index >= 15 is 0 Å². The molecule has 22 heavy (non-hydrogen) atoms. The van der Waals surface area contributed by atoms with Gasteiger partial charge in [0.1, 0.15) is 11.8 Å². The van der Waals surface area contributed by atoms with Gasteiger partial charge in [-0.25, -0.2) is 0 Å². The molecule has 2 aromatic carbocycles. The van der Waals surface area contributed by atoms with Crippen molar-refractivity contribution in [2.24, 2.45) is 5.73 Å². The highest BCUT2D eigenvalue weighted by molar-refractivity contribution is 6.53. The molecular formula is C16H8N4O2. The van der Waals surface area contributed by atoms with Crippen LogP contribution in [0.5, 0.6) is 0 Å². The number of aliphatic hydroxyl groups is 1. The number of benzene rings is 2. The van der Waals surface area contributed by atoms with Crippen LogP contribution in [0, 0.1) is 28.1 Å². The summed E-state index contributed by atoms with van der Waals surface area (Å²) in [6, 6.07) is 10.4. The fraction of sp³-hybridized carbons (Fsp3) is 0. The zero-order valence-corrected chi connectivity index (χ0v) is 11.1. The van der Waals surface area contributed by atoms with Crippen LogP contribution in [0.25, 0.3) is 16.5 Å². The summed E-state index contributed by atoms with van der Waals surface area (Å²) in [7, 11) is 0. The van der Waals surface area contributed by atoms with Gasteiger partial charge in [0.25, 0.3) is 0 Å². The second-order valence-electron chi connectivity index (χ2n) is 4.77. The molecule has 1 aliphatic rings. The van der Waals surface area contributed by atoms with Crippen LogP contribution in [0.15, 0.2) is 30.0 Å². The largest absolute Gasteiger partial charge is 0.503 e. The lowest BCUT2D eigenvalue weighted by Crippen LogP contribution is -2.27. The molecule has 0 unspecified atom stereocenters. The van der Waals surface area contributed by atoms with Crippen molar-refractivity contribution in [3.05, 3.63) is 52.3 Å². The third-order valence-electron chi connectivity index (χ3n) is 3.63. The zero-order chi connectivity index (χ0) is 16.0. The van der Waals surface area contributed by atoms with Crippen molar-refractivity contribution in [3.8, 4) is 12.1 Å². The van der Waals surface area contributed by atoms with Crippen LogP contribution in [0.1, 0.15) is 22.3 Å². The summed E-state index contributed by atoms with van der Waals surface area (Å²) in [6.07, 6.45) is 0. The number of aliphatic hydroxyl groups excluding tert-OH is 1. The quantitative estimate of drug-likeness (QED) is 0.678. The van der Waals surface area contributed by atoms with Crippen molar-refractivity contribution in [1.29, 1.82) is 15.9 Å². The Kier molecular flexibility index (Phi) is 2.69. The van der Waals surface area contributed by atoms with E-state index in [1.165, 1.54) is 6.07 Å². The summed E-state index contributed by atoms with van der Waals surface area (Å²) >= 11 is 0. The number of nitriles is 2. The molecule has 0 atom stereocenters. The molecule has 6 nitrogen and oxygen atoms in total. The van der Waals surface area contributed by atoms with Crippen molar-refractivity contribution >= 4 is 28.0 Å². The lowest BCUT2D eigenvalue weighted by Gasteiger charge is -2.20. The van der Waals surface area contributed by atoms with E-state index in [1.54, 1.807) is 18.2 Å². The van der Waals surface area contributed by atoms with Crippen LogP contribution in [-0.2, 0) is 4.79 Å². The Morgan fingerprint density at radius 1 is 1.23 bits per heavy atom. The first-order chi connectivity index (χ1) is 10.5. The number of carbonyl (C=O) groups excluding carboxylic acids is 1. The second-order valence-corrected chi connectivity index (χ2v) is 4.77. The van der Waals surface area contributed by atoms with Gasteiger partial charge in [-0.2, -0.15) is 10.5 Å². The maximum atomic E-state index is 11.8. The lowest BCUT2D eigenvalue weighted by molar-refractivity contribution is -0.112. The summed E-state index contributed by atoms with van der Waals surface area (Å²) in [5, 5.41) is 37.3. The smallest absolute Gasteiger partial charge is 0.247 e. The van der Waals surface area contributed by atoms with E-state index in [1.807, 2.05) is 12.1 Å². The van der Waals surface area contributed by atoms with Gasteiger partial charge in [0, 0.05) is 16.5 Å². The minimum absolute atomic E-state index is 0.0750. The van der Waals surface area contributed by atoms with E-state index in [4.69, 9.17) is 11.1 Å². The fourth-order valence-corrected chi connectivity index (χ4v) is 2.62. The molecule has 3 rings (SSSR count). The number of nitrogens with zero attached hydrogens (tertiary/aromatic N) is 2. The maximum Gasteiger partial charge on any atom is 0.247 e. The Labute approximate surface area is 124 Å². The van der Waals surface area contributed by atoms with Gasteiger partial charge in [0.15, 0.2) is 5.76 Å². The van der Waals surface area contributed by atoms with Crippen LogP contribution in [0.3, 0.4) is 0 Å². The Morgan fingerprint density at radius 2 is 1.95 bits per heavy atom.